The average molecular weight is 529 g/mol. The van der Waals surface area contributed by atoms with Crippen LogP contribution in [0.25, 0.3) is 0 Å². The smallest absolute Gasteiger partial charge is 0.217 e. The molecule has 16 heteroatoms. The number of aliphatic hydroxyl groups is 8. The van der Waals surface area contributed by atoms with Crippen molar-refractivity contribution in [2.75, 3.05) is 13.2 Å². The molecule has 0 bridgehead atoms. The largest absolute Gasteiger partial charge is 0.394 e. The Morgan fingerprint density at radius 1 is 0.806 bits per heavy atom. The van der Waals surface area contributed by atoms with Crippen molar-refractivity contribution in [3.63, 3.8) is 0 Å². The van der Waals surface area contributed by atoms with Gasteiger partial charge in [-0.1, -0.05) is 0 Å². The maximum Gasteiger partial charge on any atom is 0.217 e. The van der Waals surface area contributed by atoms with E-state index in [1.54, 1.807) is 0 Å². The lowest BCUT2D eigenvalue weighted by Gasteiger charge is -2.49. The van der Waals surface area contributed by atoms with E-state index < -0.39 is 111 Å². The Hall–Kier alpha value is -1.09. The summed E-state index contributed by atoms with van der Waals surface area (Å²) >= 11 is 0. The highest BCUT2D eigenvalue weighted by molar-refractivity contribution is 5.73. The van der Waals surface area contributed by atoms with Gasteiger partial charge in [0.1, 0.15) is 61.0 Å². The first-order valence-corrected chi connectivity index (χ1v) is 11.5. The number of hydrogen-bond acceptors (Lipinski definition) is 15. The van der Waals surface area contributed by atoms with Crippen LogP contribution in [0.2, 0.25) is 0 Å². The van der Waals surface area contributed by atoms with Crippen molar-refractivity contribution >= 4 is 5.91 Å². The second-order valence-electron chi connectivity index (χ2n) is 9.14. The third kappa shape index (κ3) is 5.97. The Bertz CT molecular complexity index is 733. The van der Waals surface area contributed by atoms with Gasteiger partial charge in [-0.05, 0) is 6.92 Å². The first-order valence-electron chi connectivity index (χ1n) is 11.5. The van der Waals surface area contributed by atoms with Gasteiger partial charge in [0.2, 0.25) is 5.91 Å². The summed E-state index contributed by atoms with van der Waals surface area (Å²) in [5.41, 5.74) is 6.25. The molecule has 1 amide bonds. The fourth-order valence-electron chi connectivity index (χ4n) is 4.44. The minimum atomic E-state index is -1.81. The lowest BCUT2D eigenvalue weighted by atomic mass is 9.93. The maximum absolute atomic E-state index is 12.0. The number of nitrogens with two attached hydrogens (primary N) is 1. The third-order valence-corrected chi connectivity index (χ3v) is 6.56. The van der Waals surface area contributed by atoms with Gasteiger partial charge in [0.25, 0.3) is 0 Å². The SMILES string of the molecule is CC(=O)N[C@H]1[C@H](O[C@H]2[C@H](O)[C@@H](CO)OC(O)[C@@H]2O)O[C@H](C)[C@H](N)[C@@H]1O[C@@H]1O[C@H](CO)[C@@H](O)[C@H](O)[C@H]1O. The number of rotatable bonds is 7. The van der Waals surface area contributed by atoms with Crippen LogP contribution in [0, 0.1) is 0 Å². The highest BCUT2D eigenvalue weighted by atomic mass is 16.7. The van der Waals surface area contributed by atoms with E-state index in [9.17, 15) is 45.6 Å². The molecule has 0 aromatic carbocycles. The van der Waals surface area contributed by atoms with E-state index in [1.165, 1.54) is 13.8 Å². The molecule has 0 aromatic rings. The van der Waals surface area contributed by atoms with Crippen LogP contribution in [0.5, 0.6) is 0 Å². The van der Waals surface area contributed by atoms with Crippen molar-refractivity contribution in [2.45, 2.75) is 106 Å². The standard InChI is InChI=1S/C20H36N2O14/c1-5-9(21)16(35-20-14(29)13(28)11(26)7(3-23)34-20)10(22-6(2)25)19(32-5)36-17-12(27)8(4-24)33-18(31)15(17)30/h5,7-20,23-24,26-31H,3-4,21H2,1-2H3,(H,22,25)/t5-,7-,8-,9+,10-,11-,12-,13+,14-,15-,16+,17+,18?,19+,20+/m1/s1. The predicted molar refractivity (Wildman–Crippen MR) is 113 cm³/mol. The van der Waals surface area contributed by atoms with Crippen LogP contribution in [-0.4, -0.2) is 152 Å². The number of hydrogen-bond donors (Lipinski definition) is 10. The normalized spacial score (nSPS) is 50.0. The van der Waals surface area contributed by atoms with Gasteiger partial charge in [0.15, 0.2) is 18.9 Å². The molecule has 16 nitrogen and oxygen atoms in total. The molecular formula is C20H36N2O14. The first-order chi connectivity index (χ1) is 16.9. The second-order valence-corrected chi connectivity index (χ2v) is 9.14. The van der Waals surface area contributed by atoms with Crippen LogP contribution in [0.4, 0.5) is 0 Å². The number of amides is 1. The summed E-state index contributed by atoms with van der Waals surface area (Å²) in [6.45, 7) is 1.32. The van der Waals surface area contributed by atoms with Crippen molar-refractivity contribution in [3.8, 4) is 0 Å². The monoisotopic (exact) mass is 528 g/mol. The Labute approximate surface area is 206 Å². The highest BCUT2D eigenvalue weighted by Gasteiger charge is 2.53. The van der Waals surface area contributed by atoms with Gasteiger partial charge in [-0.2, -0.15) is 0 Å². The molecule has 11 N–H and O–H groups in total. The molecule has 0 spiro atoms. The van der Waals surface area contributed by atoms with Crippen LogP contribution in [0.3, 0.4) is 0 Å². The lowest BCUT2D eigenvalue weighted by molar-refractivity contribution is -0.351. The molecule has 210 valence electrons. The number of ether oxygens (including phenoxy) is 5. The van der Waals surface area contributed by atoms with Gasteiger partial charge in [0.05, 0.1) is 25.4 Å². The van der Waals surface area contributed by atoms with Gasteiger partial charge in [0, 0.05) is 6.92 Å². The fraction of sp³-hybridized carbons (Fsp3) is 0.950. The molecule has 1 unspecified atom stereocenters. The molecule has 36 heavy (non-hydrogen) atoms. The molecule has 15 atom stereocenters. The first kappa shape index (κ1) is 29.5. The fourth-order valence-corrected chi connectivity index (χ4v) is 4.44. The number of aliphatic hydroxyl groups excluding tert-OH is 8. The van der Waals surface area contributed by atoms with Crippen molar-refractivity contribution in [1.29, 1.82) is 0 Å². The summed E-state index contributed by atoms with van der Waals surface area (Å²) in [6, 6.07) is -2.22. The van der Waals surface area contributed by atoms with Gasteiger partial charge in [-0.3, -0.25) is 4.79 Å². The zero-order valence-corrected chi connectivity index (χ0v) is 19.7. The van der Waals surface area contributed by atoms with Crippen LogP contribution < -0.4 is 11.1 Å². The molecule has 3 heterocycles. The van der Waals surface area contributed by atoms with Gasteiger partial charge < -0.3 is 75.6 Å². The molecule has 3 fully saturated rings. The zero-order chi connectivity index (χ0) is 26.9. The average Bonchev–Trinajstić information content (AvgIpc) is 2.83. The molecule has 3 aliphatic heterocycles. The van der Waals surface area contributed by atoms with E-state index in [4.69, 9.17) is 29.4 Å². The summed E-state index contributed by atoms with van der Waals surface area (Å²) in [7, 11) is 0. The molecule has 3 rings (SSSR count). The van der Waals surface area contributed by atoms with Crippen molar-refractivity contribution in [2.24, 2.45) is 5.73 Å². The van der Waals surface area contributed by atoms with E-state index >= 15 is 0 Å². The van der Waals surface area contributed by atoms with E-state index in [-0.39, 0.29) is 0 Å². The molecule has 0 aromatic heterocycles. The van der Waals surface area contributed by atoms with Crippen molar-refractivity contribution in [3.05, 3.63) is 0 Å². The highest BCUT2D eigenvalue weighted by Crippen LogP contribution is 2.31. The summed E-state index contributed by atoms with van der Waals surface area (Å²) in [5.74, 6) is -0.581. The van der Waals surface area contributed by atoms with E-state index in [0.717, 1.165) is 0 Å². The zero-order valence-electron chi connectivity index (χ0n) is 19.7. The second kappa shape index (κ2) is 12.2. The third-order valence-electron chi connectivity index (χ3n) is 6.56. The quantitative estimate of drug-likeness (QED) is 0.147. The van der Waals surface area contributed by atoms with Crippen LogP contribution in [-0.2, 0) is 28.5 Å². The van der Waals surface area contributed by atoms with Crippen molar-refractivity contribution < 1.29 is 69.3 Å². The van der Waals surface area contributed by atoms with Crippen molar-refractivity contribution in [1.82, 2.24) is 5.32 Å². The summed E-state index contributed by atoms with van der Waals surface area (Å²) in [6.07, 6.45) is -19.5. The number of nitrogens with one attached hydrogen (secondary N) is 1. The molecule has 0 aliphatic carbocycles. The molecule has 0 saturated carbocycles. The number of carbonyl (C=O) groups is 1. The van der Waals surface area contributed by atoms with Crippen LogP contribution in [0.15, 0.2) is 0 Å². The maximum atomic E-state index is 12.0. The molecular weight excluding hydrogens is 492 g/mol. The van der Waals surface area contributed by atoms with Gasteiger partial charge in [-0.25, -0.2) is 0 Å². The summed E-state index contributed by atoms with van der Waals surface area (Å²) < 4.78 is 27.7. The Balaban J connectivity index is 1.86. The topological polar surface area (TPSA) is 263 Å². The molecule has 3 saturated heterocycles. The van der Waals surface area contributed by atoms with Gasteiger partial charge in [-0.15, -0.1) is 0 Å². The Kier molecular flexibility index (Phi) is 9.97. The van der Waals surface area contributed by atoms with E-state index in [0.29, 0.717) is 0 Å². The predicted octanol–water partition coefficient (Wildman–Crippen LogP) is -6.44. The van der Waals surface area contributed by atoms with Crippen LogP contribution in [0.1, 0.15) is 13.8 Å². The Morgan fingerprint density at radius 2 is 1.39 bits per heavy atom. The number of carbonyl (C=O) groups excluding carboxylic acids is 1. The molecule has 3 aliphatic rings. The van der Waals surface area contributed by atoms with E-state index in [1.807, 2.05) is 0 Å². The van der Waals surface area contributed by atoms with E-state index in [2.05, 4.69) is 5.32 Å². The molecule has 0 radical (unpaired) electrons. The van der Waals surface area contributed by atoms with Gasteiger partial charge >= 0.3 is 0 Å². The summed E-state index contributed by atoms with van der Waals surface area (Å²) in [4.78, 5) is 12.0. The lowest BCUT2D eigenvalue weighted by Crippen LogP contribution is -2.70. The minimum absolute atomic E-state index is 0.581. The summed E-state index contributed by atoms with van der Waals surface area (Å²) in [5, 5.41) is 82.7. The minimum Gasteiger partial charge on any atom is -0.394 e. The Morgan fingerprint density at radius 3 is 1.97 bits per heavy atom. The van der Waals surface area contributed by atoms with Crippen LogP contribution >= 0.6 is 0 Å².